The van der Waals surface area contributed by atoms with Crippen LogP contribution in [0.5, 0.6) is 0 Å². The molecule has 36 heavy (non-hydrogen) atoms. The van der Waals surface area contributed by atoms with Crippen molar-refractivity contribution in [3.8, 4) is 11.1 Å². The average Bonchev–Trinajstić information content (AvgIpc) is 3.29. The lowest BCUT2D eigenvalue weighted by atomic mass is 10.0. The minimum atomic E-state index is -0.234. The number of likely N-dealkylation sites (N-methyl/N-ethyl adjacent to an activating group) is 1. The van der Waals surface area contributed by atoms with Gasteiger partial charge in [-0.05, 0) is 68.2 Å². The molecule has 1 aliphatic heterocycles. The van der Waals surface area contributed by atoms with Gasteiger partial charge in [0, 0.05) is 68.3 Å². The maximum absolute atomic E-state index is 13.1. The SMILES string of the molecule is CN(C)Cc1cccc(NC(=O)c2n[nH]c3ccc(-c4cncc(CN5CCN(C)CC5)c4)cc23)c1. The highest BCUT2D eigenvalue weighted by atomic mass is 16.1. The zero-order valence-corrected chi connectivity index (χ0v) is 21.2. The second-order valence-corrected chi connectivity index (χ2v) is 9.89. The molecule has 0 atom stereocenters. The molecule has 2 N–H and O–H groups in total. The monoisotopic (exact) mass is 483 g/mol. The molecular weight excluding hydrogens is 450 g/mol. The van der Waals surface area contributed by atoms with Crippen molar-refractivity contribution in [2.75, 3.05) is 52.6 Å². The maximum atomic E-state index is 13.1. The molecule has 0 saturated carbocycles. The van der Waals surface area contributed by atoms with Crippen LogP contribution < -0.4 is 5.32 Å². The van der Waals surface area contributed by atoms with Gasteiger partial charge in [-0.2, -0.15) is 5.10 Å². The summed E-state index contributed by atoms with van der Waals surface area (Å²) in [7, 11) is 6.22. The number of nitrogens with one attached hydrogen (secondary N) is 2. The Morgan fingerprint density at radius 1 is 1.00 bits per heavy atom. The number of carbonyl (C=O) groups excluding carboxylic acids is 1. The lowest BCUT2D eigenvalue weighted by Crippen LogP contribution is -2.43. The van der Waals surface area contributed by atoms with Gasteiger partial charge in [-0.1, -0.05) is 18.2 Å². The van der Waals surface area contributed by atoms with E-state index in [0.717, 1.165) is 72.5 Å². The van der Waals surface area contributed by atoms with Crippen LogP contribution in [0.15, 0.2) is 60.9 Å². The lowest BCUT2D eigenvalue weighted by Gasteiger charge is -2.32. The molecular formula is C28H33N7O. The number of aromatic amines is 1. The fraction of sp³-hybridized carbons (Fsp3) is 0.321. The Morgan fingerprint density at radius 3 is 2.64 bits per heavy atom. The third-order valence-corrected chi connectivity index (χ3v) is 6.59. The first-order valence-electron chi connectivity index (χ1n) is 12.3. The molecule has 4 aromatic rings. The normalized spacial score (nSPS) is 15.0. The van der Waals surface area contributed by atoms with Gasteiger partial charge < -0.3 is 15.1 Å². The Balaban J connectivity index is 1.36. The number of piperazine rings is 1. The molecule has 186 valence electrons. The van der Waals surface area contributed by atoms with E-state index < -0.39 is 0 Å². The summed E-state index contributed by atoms with van der Waals surface area (Å²) in [5.74, 6) is -0.234. The predicted molar refractivity (Wildman–Crippen MR) is 144 cm³/mol. The number of aromatic nitrogens is 3. The minimum absolute atomic E-state index is 0.234. The van der Waals surface area contributed by atoms with Crippen LogP contribution in [0.4, 0.5) is 5.69 Å². The Hall–Kier alpha value is -3.59. The van der Waals surface area contributed by atoms with Crippen LogP contribution in [0.25, 0.3) is 22.0 Å². The number of amides is 1. The van der Waals surface area contributed by atoms with E-state index in [1.54, 1.807) is 0 Å². The Bertz CT molecular complexity index is 1360. The summed E-state index contributed by atoms with van der Waals surface area (Å²) in [6, 6.07) is 16.1. The molecule has 3 heterocycles. The molecule has 2 aromatic carbocycles. The molecule has 2 aromatic heterocycles. The van der Waals surface area contributed by atoms with Crippen molar-refractivity contribution in [3.05, 3.63) is 77.7 Å². The quantitative estimate of drug-likeness (QED) is 0.417. The molecule has 0 radical (unpaired) electrons. The van der Waals surface area contributed by atoms with E-state index in [2.05, 4.69) is 54.4 Å². The molecule has 0 aliphatic carbocycles. The molecule has 0 spiro atoms. The Kier molecular flexibility index (Phi) is 7.09. The molecule has 1 fully saturated rings. The van der Waals surface area contributed by atoms with Gasteiger partial charge in [0.1, 0.15) is 0 Å². The van der Waals surface area contributed by atoms with Crippen molar-refractivity contribution in [3.63, 3.8) is 0 Å². The predicted octanol–water partition coefficient (Wildman–Crippen LogP) is 3.69. The zero-order chi connectivity index (χ0) is 25.1. The van der Waals surface area contributed by atoms with Gasteiger partial charge >= 0.3 is 0 Å². The van der Waals surface area contributed by atoms with Gasteiger partial charge in [-0.15, -0.1) is 0 Å². The largest absolute Gasteiger partial charge is 0.321 e. The van der Waals surface area contributed by atoms with E-state index >= 15 is 0 Å². The molecule has 8 heteroatoms. The fourth-order valence-corrected chi connectivity index (χ4v) is 4.67. The summed E-state index contributed by atoms with van der Waals surface area (Å²) in [6.07, 6.45) is 3.83. The van der Waals surface area contributed by atoms with Crippen molar-refractivity contribution in [1.82, 2.24) is 29.9 Å². The molecule has 0 unspecified atom stereocenters. The molecule has 0 bridgehead atoms. The molecule has 1 amide bonds. The number of benzene rings is 2. The number of pyridine rings is 1. The smallest absolute Gasteiger partial charge is 0.276 e. The molecule has 5 rings (SSSR count). The van der Waals surface area contributed by atoms with E-state index in [0.29, 0.717) is 5.69 Å². The van der Waals surface area contributed by atoms with Crippen molar-refractivity contribution < 1.29 is 4.79 Å². The number of anilines is 1. The summed E-state index contributed by atoms with van der Waals surface area (Å²) in [5, 5.41) is 11.1. The number of fused-ring (bicyclic) bond motifs is 1. The van der Waals surface area contributed by atoms with Gasteiger partial charge in [0.2, 0.25) is 0 Å². The highest BCUT2D eigenvalue weighted by Gasteiger charge is 2.17. The van der Waals surface area contributed by atoms with Gasteiger partial charge in [0.15, 0.2) is 5.69 Å². The fourth-order valence-electron chi connectivity index (χ4n) is 4.67. The standard InChI is InChI=1S/C28H33N7O/c1-33(2)18-20-5-4-6-24(14-20)30-28(36)27-25-15-22(7-8-26(25)31-32-27)23-13-21(16-29-17-23)19-35-11-9-34(3)10-12-35/h4-8,13-17H,9-12,18-19H2,1-3H3,(H,30,36)(H,31,32). The Morgan fingerprint density at radius 2 is 1.83 bits per heavy atom. The van der Waals surface area contributed by atoms with E-state index in [1.807, 2.05) is 62.9 Å². The third kappa shape index (κ3) is 5.62. The summed E-state index contributed by atoms with van der Waals surface area (Å²) in [5.41, 5.74) is 6.34. The topological polar surface area (TPSA) is 80.4 Å². The lowest BCUT2D eigenvalue weighted by molar-refractivity contribution is 0.102. The third-order valence-electron chi connectivity index (χ3n) is 6.59. The second kappa shape index (κ2) is 10.6. The minimum Gasteiger partial charge on any atom is -0.321 e. The number of carbonyl (C=O) groups is 1. The first kappa shape index (κ1) is 24.1. The van der Waals surface area contributed by atoms with Crippen LogP contribution in [0.1, 0.15) is 21.6 Å². The van der Waals surface area contributed by atoms with E-state index in [9.17, 15) is 4.79 Å². The van der Waals surface area contributed by atoms with Gasteiger partial charge in [0.05, 0.1) is 5.52 Å². The number of rotatable bonds is 7. The van der Waals surface area contributed by atoms with Crippen molar-refractivity contribution in [1.29, 1.82) is 0 Å². The van der Waals surface area contributed by atoms with Crippen LogP contribution in [0.3, 0.4) is 0 Å². The second-order valence-electron chi connectivity index (χ2n) is 9.89. The summed E-state index contributed by atoms with van der Waals surface area (Å²) in [4.78, 5) is 24.6. The van der Waals surface area contributed by atoms with Crippen molar-refractivity contribution in [2.45, 2.75) is 13.1 Å². The van der Waals surface area contributed by atoms with Gasteiger partial charge in [-0.3, -0.25) is 19.8 Å². The zero-order valence-electron chi connectivity index (χ0n) is 21.2. The van der Waals surface area contributed by atoms with E-state index in [1.165, 1.54) is 5.56 Å². The van der Waals surface area contributed by atoms with Crippen LogP contribution in [0.2, 0.25) is 0 Å². The number of nitrogens with zero attached hydrogens (tertiary/aromatic N) is 5. The van der Waals surface area contributed by atoms with Crippen molar-refractivity contribution >= 4 is 22.5 Å². The van der Waals surface area contributed by atoms with Crippen LogP contribution in [-0.2, 0) is 13.1 Å². The summed E-state index contributed by atoms with van der Waals surface area (Å²) < 4.78 is 0. The van der Waals surface area contributed by atoms with E-state index in [-0.39, 0.29) is 5.91 Å². The van der Waals surface area contributed by atoms with Crippen LogP contribution >= 0.6 is 0 Å². The van der Waals surface area contributed by atoms with Crippen LogP contribution in [0, 0.1) is 0 Å². The first-order valence-corrected chi connectivity index (χ1v) is 12.3. The number of H-pyrrole nitrogens is 1. The van der Waals surface area contributed by atoms with Crippen molar-refractivity contribution in [2.24, 2.45) is 0 Å². The molecule has 1 saturated heterocycles. The van der Waals surface area contributed by atoms with Gasteiger partial charge in [-0.25, -0.2) is 0 Å². The first-order chi connectivity index (χ1) is 17.4. The number of hydrogen-bond acceptors (Lipinski definition) is 6. The molecule has 8 nitrogen and oxygen atoms in total. The average molecular weight is 484 g/mol. The highest BCUT2D eigenvalue weighted by Crippen LogP contribution is 2.26. The van der Waals surface area contributed by atoms with Crippen LogP contribution in [-0.4, -0.2) is 83.1 Å². The number of hydrogen-bond donors (Lipinski definition) is 2. The maximum Gasteiger partial charge on any atom is 0.276 e. The summed E-state index contributed by atoms with van der Waals surface area (Å²) in [6.45, 7) is 6.02. The highest BCUT2D eigenvalue weighted by molar-refractivity contribution is 6.11. The molecule has 1 aliphatic rings. The summed E-state index contributed by atoms with van der Waals surface area (Å²) >= 11 is 0. The Labute approximate surface area is 211 Å². The van der Waals surface area contributed by atoms with E-state index in [4.69, 9.17) is 0 Å². The van der Waals surface area contributed by atoms with Gasteiger partial charge in [0.25, 0.3) is 5.91 Å².